The normalized spacial score (nSPS) is 15.0. The number of benzene rings is 1. The minimum atomic E-state index is -4.40. The molecule has 1 aliphatic carbocycles. The second-order valence-corrected chi connectivity index (χ2v) is 8.35. The van der Waals surface area contributed by atoms with Gasteiger partial charge in [-0.3, -0.25) is 4.98 Å². The summed E-state index contributed by atoms with van der Waals surface area (Å²) < 4.78 is 39.2. The molecule has 0 saturated heterocycles. The van der Waals surface area contributed by atoms with Crippen LogP contribution in [-0.4, -0.2) is 21.0 Å². The van der Waals surface area contributed by atoms with Gasteiger partial charge < -0.3 is 10.6 Å². The molecule has 31 heavy (non-hydrogen) atoms. The van der Waals surface area contributed by atoms with Crippen LogP contribution in [0, 0.1) is 0 Å². The lowest BCUT2D eigenvalue weighted by Crippen LogP contribution is -2.23. The third kappa shape index (κ3) is 5.52. The second-order valence-electron chi connectivity index (χ2n) is 7.50. The molecule has 1 fully saturated rings. The molecule has 5 nitrogen and oxygen atoms in total. The van der Waals surface area contributed by atoms with Gasteiger partial charge in [0.15, 0.2) is 0 Å². The summed E-state index contributed by atoms with van der Waals surface area (Å²) in [5.41, 5.74) is 1.26. The molecule has 3 aromatic rings. The number of hydrogen-bond acceptors (Lipinski definition) is 5. The number of pyridine rings is 1. The van der Waals surface area contributed by atoms with Crippen LogP contribution in [0.5, 0.6) is 0 Å². The molecule has 162 valence electrons. The van der Waals surface area contributed by atoms with Gasteiger partial charge in [0.05, 0.1) is 16.9 Å². The van der Waals surface area contributed by atoms with Gasteiger partial charge in [-0.1, -0.05) is 19.3 Å². The summed E-state index contributed by atoms with van der Waals surface area (Å²) in [6, 6.07) is 9.26. The molecule has 0 atom stereocenters. The molecular weight excluding hydrogens is 471 g/mol. The van der Waals surface area contributed by atoms with Gasteiger partial charge in [-0.2, -0.15) is 18.2 Å². The van der Waals surface area contributed by atoms with Gasteiger partial charge in [0.2, 0.25) is 5.95 Å². The fourth-order valence-corrected chi connectivity index (χ4v) is 4.08. The van der Waals surface area contributed by atoms with E-state index in [1.54, 1.807) is 18.5 Å². The van der Waals surface area contributed by atoms with Crippen LogP contribution in [0.4, 0.5) is 30.6 Å². The Morgan fingerprint density at radius 3 is 2.48 bits per heavy atom. The molecule has 9 heteroatoms. The van der Waals surface area contributed by atoms with Crippen molar-refractivity contribution in [1.29, 1.82) is 0 Å². The average molecular weight is 492 g/mol. The van der Waals surface area contributed by atoms with Gasteiger partial charge in [0, 0.05) is 34.5 Å². The van der Waals surface area contributed by atoms with E-state index in [0.29, 0.717) is 33.7 Å². The van der Waals surface area contributed by atoms with Gasteiger partial charge in [-0.05, 0) is 59.1 Å². The van der Waals surface area contributed by atoms with Crippen LogP contribution < -0.4 is 10.6 Å². The number of aromatic nitrogens is 3. The lowest BCUT2D eigenvalue weighted by atomic mass is 9.96. The number of anilines is 3. The molecule has 0 unspecified atom stereocenters. The van der Waals surface area contributed by atoms with Crippen molar-refractivity contribution in [1.82, 2.24) is 15.0 Å². The summed E-state index contributed by atoms with van der Waals surface area (Å²) >= 11 is 3.23. The number of rotatable bonds is 5. The van der Waals surface area contributed by atoms with Crippen molar-refractivity contribution in [2.24, 2.45) is 0 Å². The molecule has 0 spiro atoms. The maximum atomic E-state index is 13.0. The Morgan fingerprint density at radius 2 is 1.81 bits per heavy atom. The van der Waals surface area contributed by atoms with E-state index in [-0.39, 0.29) is 0 Å². The first-order chi connectivity index (χ1) is 14.9. The molecule has 1 saturated carbocycles. The van der Waals surface area contributed by atoms with Crippen LogP contribution >= 0.6 is 15.9 Å². The maximum absolute atomic E-state index is 13.0. The lowest BCUT2D eigenvalue weighted by Gasteiger charge is -2.23. The summed E-state index contributed by atoms with van der Waals surface area (Å²) in [4.78, 5) is 13.4. The zero-order chi connectivity index (χ0) is 21.8. The zero-order valence-corrected chi connectivity index (χ0v) is 18.2. The maximum Gasteiger partial charge on any atom is 0.416 e. The molecule has 2 N–H and O–H groups in total. The third-order valence-corrected chi connectivity index (χ3v) is 5.84. The van der Waals surface area contributed by atoms with Gasteiger partial charge in [0.1, 0.15) is 5.82 Å². The molecule has 2 heterocycles. The first-order valence-corrected chi connectivity index (χ1v) is 10.9. The molecular formula is C22H21BrF3N5. The van der Waals surface area contributed by atoms with E-state index in [2.05, 4.69) is 41.5 Å². The first kappa shape index (κ1) is 21.5. The zero-order valence-electron chi connectivity index (χ0n) is 16.6. The first-order valence-electron chi connectivity index (χ1n) is 10.1. The Hall–Kier alpha value is -2.68. The van der Waals surface area contributed by atoms with E-state index in [1.165, 1.54) is 25.3 Å². The van der Waals surface area contributed by atoms with Crippen molar-refractivity contribution in [3.05, 3.63) is 58.8 Å². The molecule has 0 amide bonds. The average Bonchev–Trinajstić information content (AvgIpc) is 2.76. The van der Waals surface area contributed by atoms with E-state index in [4.69, 9.17) is 0 Å². The number of nitrogens with zero attached hydrogens (tertiary/aromatic N) is 3. The summed E-state index contributed by atoms with van der Waals surface area (Å²) in [6.07, 6.45) is 4.70. The van der Waals surface area contributed by atoms with Crippen LogP contribution in [0.15, 0.2) is 53.3 Å². The van der Waals surface area contributed by atoms with Gasteiger partial charge in [-0.15, -0.1) is 0 Å². The predicted octanol–water partition coefficient (Wildman–Crippen LogP) is 6.81. The second kappa shape index (κ2) is 9.21. The smallest absolute Gasteiger partial charge is 0.351 e. The number of alkyl halides is 3. The highest BCUT2D eigenvalue weighted by molar-refractivity contribution is 9.10. The van der Waals surface area contributed by atoms with E-state index in [1.807, 2.05) is 12.1 Å². The molecule has 4 rings (SSSR count). The largest absolute Gasteiger partial charge is 0.416 e. The Bertz CT molecular complexity index is 1040. The molecule has 0 bridgehead atoms. The third-order valence-electron chi connectivity index (χ3n) is 5.18. The Morgan fingerprint density at radius 1 is 1.00 bits per heavy atom. The number of hydrogen-bond donors (Lipinski definition) is 2. The molecule has 1 aliphatic rings. The minimum Gasteiger partial charge on any atom is -0.351 e. The highest BCUT2D eigenvalue weighted by Gasteiger charge is 2.30. The van der Waals surface area contributed by atoms with Crippen LogP contribution in [0.1, 0.15) is 37.7 Å². The number of halogens is 4. The van der Waals surface area contributed by atoms with Crippen LogP contribution in [0.2, 0.25) is 0 Å². The van der Waals surface area contributed by atoms with Crippen molar-refractivity contribution in [3.63, 3.8) is 0 Å². The molecule has 2 aromatic heterocycles. The fourth-order valence-electron chi connectivity index (χ4n) is 3.60. The molecule has 1 aromatic carbocycles. The minimum absolute atomic E-state index is 0.297. The van der Waals surface area contributed by atoms with E-state index in [9.17, 15) is 13.2 Å². The quantitative estimate of drug-likeness (QED) is 0.410. The monoisotopic (exact) mass is 491 g/mol. The standard InChI is InChI=1S/C22H21BrF3N5/c23-17-11-15(22(24,25)26)8-9-18(17)29-20-12-19(14-5-4-10-27-13-14)30-21(31-20)28-16-6-2-1-3-7-16/h4-5,8-13,16H,1-3,6-7H2,(H2,28,29,30,31). The van der Waals surface area contributed by atoms with Crippen LogP contribution in [0.3, 0.4) is 0 Å². The van der Waals surface area contributed by atoms with E-state index in [0.717, 1.165) is 30.5 Å². The van der Waals surface area contributed by atoms with E-state index < -0.39 is 11.7 Å². The van der Waals surface area contributed by atoms with Gasteiger partial charge in [-0.25, -0.2) is 4.98 Å². The Kier molecular flexibility index (Phi) is 6.41. The van der Waals surface area contributed by atoms with Crippen molar-refractivity contribution >= 4 is 33.4 Å². The lowest BCUT2D eigenvalue weighted by molar-refractivity contribution is -0.137. The predicted molar refractivity (Wildman–Crippen MR) is 118 cm³/mol. The SMILES string of the molecule is FC(F)(F)c1ccc(Nc2cc(-c3cccnc3)nc(NC3CCCCC3)n2)c(Br)c1. The van der Waals surface area contributed by atoms with Crippen molar-refractivity contribution in [2.75, 3.05) is 10.6 Å². The Balaban J connectivity index is 1.65. The number of nitrogens with one attached hydrogen (secondary N) is 2. The summed E-state index contributed by atoms with van der Waals surface area (Å²) in [5.74, 6) is 0.964. The summed E-state index contributed by atoms with van der Waals surface area (Å²) in [5, 5.41) is 6.53. The fraction of sp³-hybridized carbons (Fsp3) is 0.318. The molecule has 0 aliphatic heterocycles. The highest BCUT2D eigenvalue weighted by atomic mass is 79.9. The van der Waals surface area contributed by atoms with Gasteiger partial charge >= 0.3 is 6.18 Å². The van der Waals surface area contributed by atoms with Crippen LogP contribution in [0.25, 0.3) is 11.3 Å². The van der Waals surface area contributed by atoms with E-state index >= 15 is 0 Å². The highest BCUT2D eigenvalue weighted by Crippen LogP contribution is 2.35. The van der Waals surface area contributed by atoms with Crippen molar-refractivity contribution in [2.45, 2.75) is 44.3 Å². The molecule has 0 radical (unpaired) electrons. The summed E-state index contributed by atoms with van der Waals surface area (Å²) in [7, 11) is 0. The van der Waals surface area contributed by atoms with Crippen molar-refractivity contribution < 1.29 is 13.2 Å². The topological polar surface area (TPSA) is 62.7 Å². The van der Waals surface area contributed by atoms with Gasteiger partial charge in [0.25, 0.3) is 0 Å². The summed E-state index contributed by atoms with van der Waals surface area (Å²) in [6.45, 7) is 0. The van der Waals surface area contributed by atoms with Crippen molar-refractivity contribution in [3.8, 4) is 11.3 Å². The van der Waals surface area contributed by atoms with Crippen LogP contribution in [-0.2, 0) is 6.18 Å². The Labute approximate surface area is 186 Å².